The van der Waals surface area contributed by atoms with Gasteiger partial charge in [-0.15, -0.1) is 0 Å². The molecular formula is C18H36OS. The van der Waals surface area contributed by atoms with E-state index in [1.165, 1.54) is 89.1 Å². The van der Waals surface area contributed by atoms with Gasteiger partial charge in [-0.1, -0.05) is 84.5 Å². The molecule has 0 N–H and O–H groups in total. The van der Waals surface area contributed by atoms with Crippen LogP contribution in [-0.4, -0.2) is 17.3 Å². The van der Waals surface area contributed by atoms with Crippen molar-refractivity contribution in [3.05, 3.63) is 0 Å². The van der Waals surface area contributed by atoms with Crippen molar-refractivity contribution in [1.82, 2.24) is 0 Å². The number of hydrogen-bond donors (Lipinski definition) is 0. The number of aldehydes is 1. The van der Waals surface area contributed by atoms with Crippen molar-refractivity contribution < 1.29 is 4.79 Å². The minimum atomic E-state index is 0.261. The highest BCUT2D eigenvalue weighted by atomic mass is 32.2. The average molecular weight is 301 g/mol. The molecule has 0 aromatic carbocycles. The topological polar surface area (TPSA) is 17.1 Å². The van der Waals surface area contributed by atoms with E-state index in [4.69, 9.17) is 0 Å². The fourth-order valence-corrected chi connectivity index (χ4v) is 3.52. The summed E-state index contributed by atoms with van der Waals surface area (Å²) in [5.41, 5.74) is 0. The summed E-state index contributed by atoms with van der Waals surface area (Å²) >= 11 is 1.89. The first-order valence-electron chi connectivity index (χ1n) is 8.92. The number of thioether (sulfide) groups is 1. The van der Waals surface area contributed by atoms with Gasteiger partial charge in [0.1, 0.15) is 6.29 Å². The maximum absolute atomic E-state index is 11.1. The molecule has 0 aliphatic heterocycles. The number of unbranched alkanes of at least 4 members (excludes halogenated alkanes) is 10. The Bertz CT molecular complexity index is 194. The van der Waals surface area contributed by atoms with Crippen LogP contribution in [0.25, 0.3) is 0 Å². The van der Waals surface area contributed by atoms with Gasteiger partial charge in [0.15, 0.2) is 0 Å². The third kappa shape index (κ3) is 14.4. The van der Waals surface area contributed by atoms with Crippen LogP contribution in [0.3, 0.4) is 0 Å². The first-order valence-corrected chi connectivity index (χ1v) is 9.96. The van der Waals surface area contributed by atoms with Crippen LogP contribution in [0.2, 0.25) is 0 Å². The van der Waals surface area contributed by atoms with Gasteiger partial charge in [-0.25, -0.2) is 0 Å². The first-order chi connectivity index (χ1) is 9.85. The molecule has 0 fully saturated rings. The van der Waals surface area contributed by atoms with E-state index in [1.807, 2.05) is 11.8 Å². The van der Waals surface area contributed by atoms with Crippen molar-refractivity contribution in [3.8, 4) is 0 Å². The van der Waals surface area contributed by atoms with Crippen LogP contribution in [0.4, 0.5) is 0 Å². The minimum Gasteiger partial charge on any atom is -0.302 e. The molecule has 0 aromatic rings. The Morgan fingerprint density at radius 1 is 0.750 bits per heavy atom. The average Bonchev–Trinajstić information content (AvgIpc) is 2.47. The van der Waals surface area contributed by atoms with E-state index >= 15 is 0 Å². The van der Waals surface area contributed by atoms with Crippen molar-refractivity contribution in [3.63, 3.8) is 0 Å². The monoisotopic (exact) mass is 300 g/mol. The summed E-state index contributed by atoms with van der Waals surface area (Å²) in [4.78, 5) is 11.1. The Labute approximate surface area is 131 Å². The van der Waals surface area contributed by atoms with Crippen LogP contribution in [0.1, 0.15) is 97.3 Å². The number of carbonyl (C=O) groups is 1. The Morgan fingerprint density at radius 2 is 1.25 bits per heavy atom. The highest BCUT2D eigenvalue weighted by molar-refractivity contribution is 8.00. The summed E-state index contributed by atoms with van der Waals surface area (Å²) in [6, 6.07) is 0. The molecule has 1 nitrogen and oxygen atoms in total. The fraction of sp³-hybridized carbons (Fsp3) is 0.944. The molecule has 0 amide bonds. The lowest BCUT2D eigenvalue weighted by Crippen LogP contribution is -2.05. The number of rotatable bonds is 16. The molecule has 0 aliphatic rings. The van der Waals surface area contributed by atoms with Gasteiger partial charge in [-0.2, -0.15) is 11.8 Å². The Balaban J connectivity index is 3.31. The molecule has 0 saturated carbocycles. The lowest BCUT2D eigenvalue weighted by atomic mass is 10.1. The van der Waals surface area contributed by atoms with Crippen molar-refractivity contribution in [2.24, 2.45) is 0 Å². The Kier molecular flexibility index (Phi) is 17.1. The van der Waals surface area contributed by atoms with Gasteiger partial charge >= 0.3 is 0 Å². The van der Waals surface area contributed by atoms with Gasteiger partial charge < -0.3 is 4.79 Å². The third-order valence-electron chi connectivity index (χ3n) is 3.82. The van der Waals surface area contributed by atoms with Gasteiger partial charge in [0, 0.05) is 0 Å². The second kappa shape index (κ2) is 17.1. The zero-order valence-corrected chi connectivity index (χ0v) is 14.7. The van der Waals surface area contributed by atoms with E-state index < -0.39 is 0 Å². The van der Waals surface area contributed by atoms with Gasteiger partial charge in [0.2, 0.25) is 0 Å². The number of carbonyl (C=O) groups excluding carboxylic acids is 1. The maximum atomic E-state index is 11.1. The Hall–Kier alpha value is 0.0200. The molecule has 1 unspecified atom stereocenters. The molecule has 20 heavy (non-hydrogen) atoms. The summed E-state index contributed by atoms with van der Waals surface area (Å²) < 4.78 is 0. The molecule has 120 valence electrons. The van der Waals surface area contributed by atoms with Crippen LogP contribution in [-0.2, 0) is 4.79 Å². The standard InChI is InChI=1S/C18H36OS/c1-3-5-7-9-11-13-15-18(17-19)20-16-14-12-10-8-6-4-2/h17-18H,3-16H2,1-2H3. The smallest absolute Gasteiger partial charge is 0.132 e. The van der Waals surface area contributed by atoms with E-state index in [0.29, 0.717) is 0 Å². The molecule has 0 rings (SSSR count). The van der Waals surface area contributed by atoms with Crippen LogP contribution >= 0.6 is 11.8 Å². The summed E-state index contributed by atoms with van der Waals surface area (Å²) in [7, 11) is 0. The van der Waals surface area contributed by atoms with Crippen LogP contribution in [0, 0.1) is 0 Å². The Morgan fingerprint density at radius 3 is 1.80 bits per heavy atom. The third-order valence-corrected chi connectivity index (χ3v) is 5.12. The van der Waals surface area contributed by atoms with E-state index in [2.05, 4.69) is 13.8 Å². The largest absolute Gasteiger partial charge is 0.302 e. The molecule has 2 heteroatoms. The normalized spacial score (nSPS) is 12.5. The summed E-state index contributed by atoms with van der Waals surface area (Å²) in [5, 5.41) is 0.261. The molecule has 0 radical (unpaired) electrons. The summed E-state index contributed by atoms with van der Waals surface area (Å²) in [5.74, 6) is 1.17. The summed E-state index contributed by atoms with van der Waals surface area (Å²) in [6.45, 7) is 4.51. The molecular weight excluding hydrogens is 264 g/mol. The van der Waals surface area contributed by atoms with Gasteiger partial charge in [0.25, 0.3) is 0 Å². The van der Waals surface area contributed by atoms with Gasteiger partial charge in [-0.05, 0) is 18.6 Å². The predicted molar refractivity (Wildman–Crippen MR) is 93.7 cm³/mol. The van der Waals surface area contributed by atoms with Crippen LogP contribution in [0.5, 0.6) is 0 Å². The zero-order chi connectivity index (χ0) is 14.9. The van der Waals surface area contributed by atoms with E-state index in [9.17, 15) is 4.79 Å². The van der Waals surface area contributed by atoms with Crippen LogP contribution < -0.4 is 0 Å². The second-order valence-electron chi connectivity index (χ2n) is 5.87. The SMILES string of the molecule is CCCCCCCCSC(C=O)CCCCCCCC. The predicted octanol–water partition coefficient (Wildman–Crippen LogP) is 6.40. The first kappa shape index (κ1) is 20.0. The summed E-state index contributed by atoms with van der Waals surface area (Å²) in [6.07, 6.45) is 18.3. The highest BCUT2D eigenvalue weighted by Crippen LogP contribution is 2.19. The number of hydrogen-bond acceptors (Lipinski definition) is 2. The maximum Gasteiger partial charge on any atom is 0.132 e. The lowest BCUT2D eigenvalue weighted by molar-refractivity contribution is -0.107. The van der Waals surface area contributed by atoms with E-state index in [1.54, 1.807) is 0 Å². The van der Waals surface area contributed by atoms with E-state index in [-0.39, 0.29) is 5.25 Å². The van der Waals surface area contributed by atoms with Crippen molar-refractivity contribution in [2.45, 2.75) is 103 Å². The zero-order valence-electron chi connectivity index (χ0n) is 13.9. The quantitative estimate of drug-likeness (QED) is 0.242. The van der Waals surface area contributed by atoms with E-state index in [0.717, 1.165) is 6.42 Å². The van der Waals surface area contributed by atoms with Crippen LogP contribution in [0.15, 0.2) is 0 Å². The second-order valence-corrected chi connectivity index (χ2v) is 7.22. The molecule has 0 saturated heterocycles. The molecule has 0 bridgehead atoms. The molecule has 0 aliphatic carbocycles. The van der Waals surface area contributed by atoms with Crippen molar-refractivity contribution >= 4 is 18.0 Å². The molecule has 0 spiro atoms. The fourth-order valence-electron chi connectivity index (χ4n) is 2.43. The van der Waals surface area contributed by atoms with Gasteiger partial charge in [-0.3, -0.25) is 0 Å². The van der Waals surface area contributed by atoms with Crippen molar-refractivity contribution in [2.75, 3.05) is 5.75 Å². The highest BCUT2D eigenvalue weighted by Gasteiger charge is 2.07. The lowest BCUT2D eigenvalue weighted by Gasteiger charge is -2.09. The van der Waals surface area contributed by atoms with Crippen molar-refractivity contribution in [1.29, 1.82) is 0 Å². The molecule has 1 atom stereocenters. The van der Waals surface area contributed by atoms with Gasteiger partial charge in [0.05, 0.1) is 5.25 Å². The molecule has 0 aromatic heterocycles. The molecule has 0 heterocycles. The minimum absolute atomic E-state index is 0.261.